The molecule has 0 bridgehead atoms. The Morgan fingerprint density at radius 3 is 2.60 bits per heavy atom. The second-order valence-corrected chi connectivity index (χ2v) is 6.54. The summed E-state index contributed by atoms with van der Waals surface area (Å²) in [6, 6.07) is 8.24. The van der Waals surface area contributed by atoms with Gasteiger partial charge in [-0.3, -0.25) is 4.90 Å². The summed E-state index contributed by atoms with van der Waals surface area (Å²) in [5, 5.41) is 0. The fraction of sp³-hybridized carbons (Fsp3) is 0.500. The van der Waals surface area contributed by atoms with Crippen LogP contribution in [-0.2, 0) is 24.1 Å². The van der Waals surface area contributed by atoms with Gasteiger partial charge in [0, 0.05) is 44.0 Å². The highest BCUT2D eigenvalue weighted by atomic mass is 16.5. The minimum atomic E-state index is 0.224. The van der Waals surface area contributed by atoms with Crippen LogP contribution in [-0.4, -0.2) is 47.8 Å². The smallest absolute Gasteiger partial charge is 0.128 e. The van der Waals surface area contributed by atoms with E-state index in [-0.39, 0.29) is 6.10 Å². The van der Waals surface area contributed by atoms with Crippen molar-refractivity contribution in [3.05, 3.63) is 53.6 Å². The molecule has 0 aliphatic carbocycles. The molecule has 2 heterocycles. The van der Waals surface area contributed by atoms with Gasteiger partial charge in [0.05, 0.1) is 19.8 Å². The zero-order valence-corrected chi connectivity index (χ0v) is 15.1. The summed E-state index contributed by atoms with van der Waals surface area (Å²) in [6.45, 7) is 5.69. The van der Waals surface area contributed by atoms with Crippen LogP contribution in [0.15, 0.2) is 36.7 Å². The maximum Gasteiger partial charge on any atom is 0.128 e. The Labute approximate surface area is 150 Å². The highest BCUT2D eigenvalue weighted by Crippen LogP contribution is 2.17. The first kappa shape index (κ1) is 17.8. The summed E-state index contributed by atoms with van der Waals surface area (Å²) in [4.78, 5) is 11.3. The molecule has 2 aromatic rings. The van der Waals surface area contributed by atoms with Crippen LogP contribution in [0.2, 0.25) is 0 Å². The largest absolute Gasteiger partial charge is 0.497 e. The molecule has 1 atom stereocenters. The molecule has 0 saturated carbocycles. The minimum Gasteiger partial charge on any atom is -0.497 e. The average Bonchev–Trinajstić information content (AvgIpc) is 2.65. The molecule has 0 radical (unpaired) electrons. The molecule has 1 saturated heterocycles. The van der Waals surface area contributed by atoms with Gasteiger partial charge in [-0.15, -0.1) is 0 Å². The quantitative estimate of drug-likeness (QED) is 0.775. The van der Waals surface area contributed by atoms with Crippen molar-refractivity contribution in [2.45, 2.75) is 38.8 Å². The Morgan fingerprint density at radius 2 is 1.92 bits per heavy atom. The Morgan fingerprint density at radius 1 is 1.16 bits per heavy atom. The van der Waals surface area contributed by atoms with Crippen molar-refractivity contribution < 1.29 is 9.47 Å². The highest BCUT2D eigenvalue weighted by molar-refractivity contribution is 5.27. The van der Waals surface area contributed by atoms with Crippen LogP contribution in [0.3, 0.4) is 0 Å². The number of aryl methyl sites for hydroxylation is 1. The van der Waals surface area contributed by atoms with Crippen LogP contribution < -0.4 is 4.74 Å². The summed E-state index contributed by atoms with van der Waals surface area (Å²) in [6.07, 6.45) is 7.10. The molecule has 134 valence electrons. The maximum atomic E-state index is 5.95. The SMILES string of the molecule is CCCc1ncc(CN2CCOC(Cc3ccc(OC)cc3)C2)cn1. The number of ether oxygens (including phenoxy) is 2. The lowest BCUT2D eigenvalue weighted by Crippen LogP contribution is -2.42. The van der Waals surface area contributed by atoms with E-state index in [1.165, 1.54) is 11.1 Å². The number of methoxy groups -OCH3 is 1. The van der Waals surface area contributed by atoms with Crippen LogP contribution in [0.1, 0.15) is 30.3 Å². The van der Waals surface area contributed by atoms with E-state index in [2.05, 4.69) is 33.9 Å². The number of benzene rings is 1. The summed E-state index contributed by atoms with van der Waals surface area (Å²) in [5.74, 6) is 1.83. The van der Waals surface area contributed by atoms with Crippen molar-refractivity contribution >= 4 is 0 Å². The van der Waals surface area contributed by atoms with Crippen LogP contribution in [0, 0.1) is 0 Å². The fourth-order valence-electron chi connectivity index (χ4n) is 3.15. The van der Waals surface area contributed by atoms with Gasteiger partial charge in [0.1, 0.15) is 11.6 Å². The summed E-state index contributed by atoms with van der Waals surface area (Å²) in [5.41, 5.74) is 2.45. The molecule has 25 heavy (non-hydrogen) atoms. The van der Waals surface area contributed by atoms with Gasteiger partial charge in [-0.1, -0.05) is 19.1 Å². The maximum absolute atomic E-state index is 5.95. The van der Waals surface area contributed by atoms with E-state index >= 15 is 0 Å². The molecule has 5 nitrogen and oxygen atoms in total. The monoisotopic (exact) mass is 341 g/mol. The lowest BCUT2D eigenvalue weighted by molar-refractivity contribution is -0.0305. The summed E-state index contributed by atoms with van der Waals surface area (Å²) < 4.78 is 11.2. The van der Waals surface area contributed by atoms with Crippen molar-refractivity contribution in [3.8, 4) is 5.75 Å². The molecular weight excluding hydrogens is 314 g/mol. The number of rotatable bonds is 7. The molecule has 1 aliphatic rings. The molecule has 5 heteroatoms. The molecule has 1 aromatic carbocycles. The highest BCUT2D eigenvalue weighted by Gasteiger charge is 2.21. The predicted molar refractivity (Wildman–Crippen MR) is 97.7 cm³/mol. The molecule has 0 N–H and O–H groups in total. The Bertz CT molecular complexity index is 643. The standard InChI is InChI=1S/C20H27N3O2/c1-3-4-20-21-12-17(13-22-20)14-23-9-10-25-19(15-23)11-16-5-7-18(24-2)8-6-16/h5-8,12-13,19H,3-4,9-11,14-15H2,1-2H3. The van der Waals surface area contributed by atoms with Crippen LogP contribution in [0.5, 0.6) is 5.75 Å². The molecule has 1 aliphatic heterocycles. The second-order valence-electron chi connectivity index (χ2n) is 6.54. The second kappa shape index (κ2) is 8.92. The van der Waals surface area contributed by atoms with E-state index in [0.717, 1.165) is 57.1 Å². The predicted octanol–water partition coefficient (Wildman–Crippen LogP) is 2.88. The van der Waals surface area contributed by atoms with Crippen LogP contribution >= 0.6 is 0 Å². The molecule has 0 amide bonds. The zero-order valence-electron chi connectivity index (χ0n) is 15.1. The van der Waals surface area contributed by atoms with E-state index in [9.17, 15) is 0 Å². The third-order valence-electron chi connectivity index (χ3n) is 4.48. The Hall–Kier alpha value is -1.98. The van der Waals surface area contributed by atoms with Gasteiger partial charge in [0.15, 0.2) is 0 Å². The number of aromatic nitrogens is 2. The molecule has 1 fully saturated rings. The van der Waals surface area contributed by atoms with Crippen molar-refractivity contribution in [2.75, 3.05) is 26.8 Å². The normalized spacial score (nSPS) is 18.2. The van der Waals surface area contributed by atoms with Crippen LogP contribution in [0.4, 0.5) is 0 Å². The first-order valence-electron chi connectivity index (χ1n) is 9.03. The van der Waals surface area contributed by atoms with E-state index in [1.807, 2.05) is 24.5 Å². The first-order chi connectivity index (χ1) is 12.3. The third kappa shape index (κ3) is 5.25. The first-order valence-corrected chi connectivity index (χ1v) is 9.03. The molecule has 3 rings (SSSR count). The van der Waals surface area contributed by atoms with Crippen molar-refractivity contribution in [2.24, 2.45) is 0 Å². The van der Waals surface area contributed by atoms with Gasteiger partial charge < -0.3 is 9.47 Å². The van der Waals surface area contributed by atoms with E-state index in [0.29, 0.717) is 0 Å². The number of hydrogen-bond acceptors (Lipinski definition) is 5. The molecule has 0 spiro atoms. The van der Waals surface area contributed by atoms with E-state index in [4.69, 9.17) is 9.47 Å². The number of hydrogen-bond donors (Lipinski definition) is 0. The summed E-state index contributed by atoms with van der Waals surface area (Å²) in [7, 11) is 1.69. The van der Waals surface area contributed by atoms with Crippen molar-refractivity contribution in [1.82, 2.24) is 14.9 Å². The van der Waals surface area contributed by atoms with Gasteiger partial charge in [-0.2, -0.15) is 0 Å². The van der Waals surface area contributed by atoms with Gasteiger partial charge in [-0.25, -0.2) is 9.97 Å². The zero-order chi connectivity index (χ0) is 17.5. The molecule has 1 aromatic heterocycles. The fourth-order valence-corrected chi connectivity index (χ4v) is 3.15. The van der Waals surface area contributed by atoms with Gasteiger partial charge >= 0.3 is 0 Å². The lowest BCUT2D eigenvalue weighted by Gasteiger charge is -2.33. The molecule has 1 unspecified atom stereocenters. The Kier molecular flexibility index (Phi) is 6.36. The minimum absolute atomic E-state index is 0.224. The third-order valence-corrected chi connectivity index (χ3v) is 4.48. The van der Waals surface area contributed by atoms with E-state index in [1.54, 1.807) is 7.11 Å². The summed E-state index contributed by atoms with van der Waals surface area (Å²) >= 11 is 0. The topological polar surface area (TPSA) is 47.5 Å². The lowest BCUT2D eigenvalue weighted by atomic mass is 10.1. The van der Waals surface area contributed by atoms with Gasteiger partial charge in [-0.05, 0) is 30.5 Å². The van der Waals surface area contributed by atoms with Gasteiger partial charge in [0.25, 0.3) is 0 Å². The van der Waals surface area contributed by atoms with Crippen LogP contribution in [0.25, 0.3) is 0 Å². The van der Waals surface area contributed by atoms with Crippen molar-refractivity contribution in [1.29, 1.82) is 0 Å². The average molecular weight is 341 g/mol. The number of morpholine rings is 1. The van der Waals surface area contributed by atoms with Crippen molar-refractivity contribution in [3.63, 3.8) is 0 Å². The number of nitrogens with zero attached hydrogens (tertiary/aromatic N) is 3. The molecular formula is C20H27N3O2. The van der Waals surface area contributed by atoms with Gasteiger partial charge in [0.2, 0.25) is 0 Å². The van der Waals surface area contributed by atoms with E-state index < -0.39 is 0 Å². The Balaban J connectivity index is 1.53.